The average molecular weight is 235 g/mol. The smallest absolute Gasteiger partial charge is 0.0949 e. The van der Waals surface area contributed by atoms with Gasteiger partial charge in [-0.1, -0.05) is 12.8 Å². The van der Waals surface area contributed by atoms with Gasteiger partial charge in [0.25, 0.3) is 0 Å². The minimum absolute atomic E-state index is 0.265. The zero-order valence-corrected chi connectivity index (χ0v) is 10.5. The van der Waals surface area contributed by atoms with Crippen molar-refractivity contribution in [2.24, 2.45) is 7.05 Å². The van der Waals surface area contributed by atoms with Gasteiger partial charge in [0.05, 0.1) is 18.6 Å². The second-order valence-electron chi connectivity index (χ2n) is 5.40. The molecule has 17 heavy (non-hydrogen) atoms. The number of imidazole rings is 1. The lowest BCUT2D eigenvalue weighted by atomic mass is 10.00. The molecule has 0 bridgehead atoms. The van der Waals surface area contributed by atoms with E-state index in [9.17, 15) is 5.11 Å². The lowest BCUT2D eigenvalue weighted by Crippen LogP contribution is -2.47. The summed E-state index contributed by atoms with van der Waals surface area (Å²) in [5.74, 6) is 0. The molecular formula is C13H21N3O. The molecule has 1 N–H and O–H groups in total. The number of nitrogens with zero attached hydrogens (tertiary/aromatic N) is 3. The maximum atomic E-state index is 9.60. The number of aliphatic hydroxyl groups is 1. The molecule has 1 atom stereocenters. The van der Waals surface area contributed by atoms with E-state index in [1.54, 1.807) is 0 Å². The molecule has 3 rings (SSSR count). The van der Waals surface area contributed by atoms with Gasteiger partial charge >= 0.3 is 0 Å². The van der Waals surface area contributed by atoms with Crippen LogP contribution in [0.5, 0.6) is 0 Å². The minimum atomic E-state index is 0.265. The zero-order chi connectivity index (χ0) is 11.8. The van der Waals surface area contributed by atoms with Crippen molar-refractivity contribution >= 4 is 0 Å². The van der Waals surface area contributed by atoms with Crippen LogP contribution in [0.1, 0.15) is 37.1 Å². The average Bonchev–Trinajstić information content (AvgIpc) is 2.98. The zero-order valence-electron chi connectivity index (χ0n) is 10.5. The van der Waals surface area contributed by atoms with Gasteiger partial charge in [-0.2, -0.15) is 0 Å². The van der Waals surface area contributed by atoms with Gasteiger partial charge in [0.2, 0.25) is 0 Å². The van der Waals surface area contributed by atoms with Gasteiger partial charge in [-0.25, -0.2) is 4.98 Å². The van der Waals surface area contributed by atoms with Crippen LogP contribution in [-0.2, 0) is 20.0 Å². The van der Waals surface area contributed by atoms with Gasteiger partial charge < -0.3 is 9.67 Å². The SMILES string of the molecule is Cn1cnc2c1CC(CO)N(C1CCCC1)C2. The molecule has 94 valence electrons. The van der Waals surface area contributed by atoms with Crippen molar-refractivity contribution in [3.8, 4) is 0 Å². The van der Waals surface area contributed by atoms with Gasteiger partial charge in [0.15, 0.2) is 0 Å². The monoisotopic (exact) mass is 235 g/mol. The summed E-state index contributed by atoms with van der Waals surface area (Å²) in [5, 5.41) is 9.60. The summed E-state index contributed by atoms with van der Waals surface area (Å²) < 4.78 is 2.10. The summed E-state index contributed by atoms with van der Waals surface area (Å²) in [6.07, 6.45) is 8.11. The molecule has 0 spiro atoms. The van der Waals surface area contributed by atoms with Crippen molar-refractivity contribution in [1.82, 2.24) is 14.5 Å². The third-order valence-electron chi connectivity index (χ3n) is 4.38. The van der Waals surface area contributed by atoms with Crippen LogP contribution in [0.15, 0.2) is 6.33 Å². The van der Waals surface area contributed by atoms with E-state index >= 15 is 0 Å². The second-order valence-corrected chi connectivity index (χ2v) is 5.40. The number of fused-ring (bicyclic) bond motifs is 1. The fourth-order valence-electron chi connectivity index (χ4n) is 3.37. The molecule has 0 aromatic carbocycles. The highest BCUT2D eigenvalue weighted by atomic mass is 16.3. The normalized spacial score (nSPS) is 26.4. The summed E-state index contributed by atoms with van der Waals surface area (Å²) in [6.45, 7) is 1.19. The van der Waals surface area contributed by atoms with Gasteiger partial charge in [-0.05, 0) is 12.8 Å². The third kappa shape index (κ3) is 1.89. The number of rotatable bonds is 2. The predicted molar refractivity (Wildman–Crippen MR) is 65.6 cm³/mol. The predicted octanol–water partition coefficient (Wildman–Crippen LogP) is 1.08. The molecule has 0 saturated heterocycles. The number of aromatic nitrogens is 2. The Hall–Kier alpha value is -0.870. The van der Waals surface area contributed by atoms with Crippen LogP contribution in [0, 0.1) is 0 Å². The highest BCUT2D eigenvalue weighted by molar-refractivity contribution is 5.18. The molecule has 1 saturated carbocycles. The summed E-state index contributed by atoms with van der Waals surface area (Å²) in [4.78, 5) is 6.97. The topological polar surface area (TPSA) is 41.3 Å². The molecule has 0 amide bonds. The van der Waals surface area contributed by atoms with Crippen molar-refractivity contribution in [3.63, 3.8) is 0 Å². The van der Waals surface area contributed by atoms with Gasteiger partial charge in [-0.3, -0.25) is 4.90 Å². The van der Waals surface area contributed by atoms with Crippen LogP contribution in [0.2, 0.25) is 0 Å². The maximum Gasteiger partial charge on any atom is 0.0949 e. The summed E-state index contributed by atoms with van der Waals surface area (Å²) >= 11 is 0. The Balaban J connectivity index is 1.85. The Morgan fingerprint density at radius 3 is 2.88 bits per heavy atom. The molecule has 2 heterocycles. The van der Waals surface area contributed by atoms with Crippen molar-refractivity contribution < 1.29 is 5.11 Å². The standard InChI is InChI=1S/C13H21N3O/c1-15-9-14-12-7-16(10-4-2-3-5-10)11(8-17)6-13(12)15/h9-11,17H,2-8H2,1H3. The first-order chi connectivity index (χ1) is 8.29. The van der Waals surface area contributed by atoms with Crippen molar-refractivity contribution in [3.05, 3.63) is 17.7 Å². The van der Waals surface area contributed by atoms with Gasteiger partial charge in [0.1, 0.15) is 0 Å². The Morgan fingerprint density at radius 2 is 2.18 bits per heavy atom. The summed E-state index contributed by atoms with van der Waals surface area (Å²) in [7, 11) is 2.05. The van der Waals surface area contributed by atoms with E-state index < -0.39 is 0 Å². The molecule has 4 nitrogen and oxygen atoms in total. The number of aliphatic hydroxyl groups excluding tert-OH is 1. The van der Waals surface area contributed by atoms with E-state index in [0.717, 1.165) is 13.0 Å². The largest absolute Gasteiger partial charge is 0.395 e. The van der Waals surface area contributed by atoms with E-state index in [1.807, 2.05) is 13.4 Å². The Kier molecular flexibility index (Phi) is 2.92. The molecular weight excluding hydrogens is 214 g/mol. The highest BCUT2D eigenvalue weighted by Gasteiger charge is 2.34. The number of hydrogen-bond donors (Lipinski definition) is 1. The van der Waals surface area contributed by atoms with Crippen LogP contribution in [0.3, 0.4) is 0 Å². The fraction of sp³-hybridized carbons (Fsp3) is 0.769. The lowest BCUT2D eigenvalue weighted by Gasteiger charge is -2.38. The summed E-state index contributed by atoms with van der Waals surface area (Å²) in [5.41, 5.74) is 2.52. The number of hydrogen-bond acceptors (Lipinski definition) is 3. The van der Waals surface area contributed by atoms with Crippen LogP contribution >= 0.6 is 0 Å². The molecule has 1 aromatic heterocycles. The molecule has 0 radical (unpaired) electrons. The van der Waals surface area contributed by atoms with E-state index in [4.69, 9.17) is 0 Å². The van der Waals surface area contributed by atoms with Gasteiger partial charge in [-0.15, -0.1) is 0 Å². The molecule has 1 aliphatic carbocycles. The van der Waals surface area contributed by atoms with Crippen molar-refractivity contribution in [1.29, 1.82) is 0 Å². The van der Waals surface area contributed by atoms with E-state index in [0.29, 0.717) is 12.1 Å². The molecule has 2 aliphatic rings. The van der Waals surface area contributed by atoms with Crippen LogP contribution in [0.25, 0.3) is 0 Å². The fourth-order valence-corrected chi connectivity index (χ4v) is 3.37. The van der Waals surface area contributed by atoms with Crippen molar-refractivity contribution in [2.75, 3.05) is 6.61 Å². The highest BCUT2D eigenvalue weighted by Crippen LogP contribution is 2.31. The second kappa shape index (κ2) is 4.42. The third-order valence-corrected chi connectivity index (χ3v) is 4.38. The minimum Gasteiger partial charge on any atom is -0.395 e. The Bertz CT molecular complexity index is 395. The van der Waals surface area contributed by atoms with E-state index in [1.165, 1.54) is 37.1 Å². The maximum absolute atomic E-state index is 9.60. The first kappa shape index (κ1) is 11.2. The molecule has 1 unspecified atom stereocenters. The van der Waals surface area contributed by atoms with Crippen molar-refractivity contribution in [2.45, 2.75) is 50.7 Å². The van der Waals surface area contributed by atoms with Crippen LogP contribution in [-0.4, -0.2) is 38.2 Å². The quantitative estimate of drug-likeness (QED) is 0.834. The first-order valence-corrected chi connectivity index (χ1v) is 6.65. The Morgan fingerprint density at radius 1 is 1.41 bits per heavy atom. The first-order valence-electron chi connectivity index (χ1n) is 6.65. The molecule has 4 heteroatoms. The number of aryl methyl sites for hydroxylation is 1. The van der Waals surface area contributed by atoms with E-state index in [-0.39, 0.29) is 6.61 Å². The molecule has 1 aliphatic heterocycles. The molecule has 1 aromatic rings. The Labute approximate surface area is 102 Å². The van der Waals surface area contributed by atoms with Crippen LogP contribution in [0.4, 0.5) is 0 Å². The lowest BCUT2D eigenvalue weighted by molar-refractivity contribution is 0.0653. The van der Waals surface area contributed by atoms with E-state index in [2.05, 4.69) is 14.5 Å². The van der Waals surface area contributed by atoms with Gasteiger partial charge in [0, 0.05) is 37.8 Å². The van der Waals surface area contributed by atoms with Crippen LogP contribution < -0.4 is 0 Å². The summed E-state index contributed by atoms with van der Waals surface area (Å²) in [6, 6.07) is 0.961. The molecule has 1 fully saturated rings.